The molecule has 0 saturated carbocycles. The predicted octanol–water partition coefficient (Wildman–Crippen LogP) is 10.7. The van der Waals surface area contributed by atoms with E-state index in [1.807, 2.05) is 91.0 Å². The summed E-state index contributed by atoms with van der Waals surface area (Å²) in [6.45, 7) is 28.8. The minimum atomic E-state index is -2.06. The molecule has 0 spiro atoms. The highest BCUT2D eigenvalue weighted by Gasteiger charge is 2.55. The molecule has 1 saturated heterocycles. The van der Waals surface area contributed by atoms with Gasteiger partial charge in [0.15, 0.2) is 24.6 Å². The summed E-state index contributed by atoms with van der Waals surface area (Å²) in [6, 6.07) is 22.8. The van der Waals surface area contributed by atoms with E-state index in [0.29, 0.717) is 16.7 Å². The number of amides is 6. The fraction of sp³-hybridized carbons (Fsp3) is 0.620. The summed E-state index contributed by atoms with van der Waals surface area (Å²) in [5.41, 5.74) is -5.41. The Bertz CT molecular complexity index is 2960. The van der Waals surface area contributed by atoms with E-state index in [4.69, 9.17) is 56.8 Å². The number of hydrogen-bond donors (Lipinski definition) is 6. The lowest BCUT2D eigenvalue weighted by atomic mass is 9.80. The molecule has 27 nitrogen and oxygen atoms in total. The van der Waals surface area contributed by atoms with E-state index in [0.717, 1.165) is 0 Å². The summed E-state index contributed by atoms with van der Waals surface area (Å²) < 4.78 is 72.7. The Morgan fingerprint density at radius 2 is 0.643 bits per heavy atom. The molecule has 8 atom stereocenters. The number of esters is 3. The molecular weight excluding hydrogens is 1270 g/mol. The van der Waals surface area contributed by atoms with E-state index >= 15 is 14.4 Å². The summed E-state index contributed by atoms with van der Waals surface area (Å²) in [4.78, 5) is 126. The van der Waals surface area contributed by atoms with Crippen molar-refractivity contribution >= 4 is 54.5 Å². The molecule has 0 radical (unpaired) electrons. The number of carbonyl (C=O) groups is 9. The largest absolute Gasteiger partial charge is 0.454 e. The molecule has 0 aromatic heterocycles. The molecule has 0 bridgehead atoms. The van der Waals surface area contributed by atoms with Crippen molar-refractivity contribution < 1.29 is 100.0 Å². The maximum Gasteiger partial charge on any atom is 0.408 e. The fourth-order valence-corrected chi connectivity index (χ4v) is 9.76. The Hall–Kier alpha value is -8.43. The lowest BCUT2D eigenvalue weighted by Gasteiger charge is -2.46. The summed E-state index contributed by atoms with van der Waals surface area (Å²) in [7, 11) is 1.20. The molecule has 1 aliphatic rings. The van der Waals surface area contributed by atoms with Crippen molar-refractivity contribution in [1.29, 1.82) is 0 Å². The molecule has 27 heteroatoms. The van der Waals surface area contributed by atoms with Crippen molar-refractivity contribution in [2.75, 3.05) is 33.4 Å². The Morgan fingerprint density at radius 1 is 0.378 bits per heavy atom. The van der Waals surface area contributed by atoms with Gasteiger partial charge in [0, 0.05) is 26.7 Å². The van der Waals surface area contributed by atoms with Gasteiger partial charge in [-0.25, -0.2) is 43.2 Å². The molecule has 98 heavy (non-hydrogen) atoms. The first-order valence-electron chi connectivity index (χ1n) is 33.0. The van der Waals surface area contributed by atoms with Crippen LogP contribution in [0.5, 0.6) is 0 Å². The highest BCUT2D eigenvalue weighted by Crippen LogP contribution is 2.42. The number of methoxy groups -OCH3 is 1. The Balaban J connectivity index is 2.05. The predicted molar refractivity (Wildman–Crippen MR) is 360 cm³/mol. The standard InChI is InChI=1S/C71H106N6O21/c1-65(2,3)93-59(81)72-41-29-38-48(75-62(84)96-68(10,11)12)55(78)90-52-51(44-88-71(45-32-23-20-24-33-45,46-34-25-21-26-35-46)47-36-27-22-28-37-47)89-58(87-19)54(92-57(80)50(77-64(86)98-70(16,17)18)40-31-43-74-61(83)95-67(7,8)9)53(52)91-56(79)49(76-63(85)97-69(13,14)15)39-30-42-73-60(82)94-66(4,5)6/h20-28,32-37,48-54,58H,29-31,38-44H2,1-19H3,(H,72,81)(H,73,82)(H,74,83)(H,75,84)(H,76,85)(H,77,86)/t48-,49-,50-,51+,52+,53-,54-,58-/m0/s1. The third-order valence-electron chi connectivity index (χ3n) is 13.5. The first-order chi connectivity index (χ1) is 45.5. The number of carbonyl (C=O) groups excluding carboxylic acids is 9. The molecule has 3 aromatic carbocycles. The zero-order valence-electron chi connectivity index (χ0n) is 60.4. The minimum absolute atomic E-state index is 0.00128. The van der Waals surface area contributed by atoms with Crippen molar-refractivity contribution in [3.05, 3.63) is 108 Å². The molecule has 546 valence electrons. The van der Waals surface area contributed by atoms with Gasteiger partial charge in [-0.15, -0.1) is 0 Å². The molecule has 0 aliphatic carbocycles. The van der Waals surface area contributed by atoms with Crippen LogP contribution in [0.25, 0.3) is 0 Å². The average Bonchev–Trinajstić information content (AvgIpc) is 0.758. The third kappa shape index (κ3) is 29.7. The van der Waals surface area contributed by atoms with Crippen LogP contribution >= 0.6 is 0 Å². The molecule has 6 N–H and O–H groups in total. The van der Waals surface area contributed by atoms with Crippen LogP contribution in [-0.2, 0) is 76.8 Å². The molecular formula is C71H106N6O21. The molecule has 6 amide bonds. The van der Waals surface area contributed by atoms with Crippen molar-refractivity contribution in [2.24, 2.45) is 0 Å². The average molecular weight is 1380 g/mol. The highest BCUT2D eigenvalue weighted by molar-refractivity contribution is 5.84. The third-order valence-corrected chi connectivity index (χ3v) is 13.5. The second kappa shape index (κ2) is 36.4. The molecule has 0 unspecified atom stereocenters. The first-order valence-corrected chi connectivity index (χ1v) is 33.0. The van der Waals surface area contributed by atoms with Crippen LogP contribution in [0.15, 0.2) is 91.0 Å². The second-order valence-electron chi connectivity index (χ2n) is 29.4. The lowest BCUT2D eigenvalue weighted by molar-refractivity contribution is -0.307. The number of ether oxygens (including phenoxy) is 12. The number of benzene rings is 3. The van der Waals surface area contributed by atoms with Crippen LogP contribution in [0.2, 0.25) is 0 Å². The van der Waals surface area contributed by atoms with Crippen LogP contribution in [0, 0.1) is 0 Å². The number of alkyl carbamates (subject to hydrolysis) is 6. The second-order valence-corrected chi connectivity index (χ2v) is 29.4. The van der Waals surface area contributed by atoms with E-state index in [2.05, 4.69) is 31.9 Å². The van der Waals surface area contributed by atoms with Gasteiger partial charge in [0.2, 0.25) is 0 Å². The Morgan fingerprint density at radius 3 is 0.918 bits per heavy atom. The summed E-state index contributed by atoms with van der Waals surface area (Å²) in [6.07, 6.45) is -15.5. The van der Waals surface area contributed by atoms with Crippen molar-refractivity contribution in [3.8, 4) is 0 Å². The van der Waals surface area contributed by atoms with Gasteiger partial charge < -0.3 is 88.7 Å². The topological polar surface area (TPSA) is 337 Å². The van der Waals surface area contributed by atoms with Crippen LogP contribution < -0.4 is 31.9 Å². The van der Waals surface area contributed by atoms with E-state index in [-0.39, 0.29) is 58.2 Å². The maximum atomic E-state index is 15.5. The van der Waals surface area contributed by atoms with Crippen LogP contribution in [0.1, 0.15) is 180 Å². The normalized spacial score (nSPS) is 17.7. The van der Waals surface area contributed by atoms with Gasteiger partial charge >= 0.3 is 54.5 Å². The van der Waals surface area contributed by atoms with Crippen molar-refractivity contribution in [3.63, 3.8) is 0 Å². The molecule has 1 aliphatic heterocycles. The monoisotopic (exact) mass is 1380 g/mol. The van der Waals surface area contributed by atoms with E-state index in [9.17, 15) is 28.8 Å². The summed E-state index contributed by atoms with van der Waals surface area (Å²) in [5.74, 6) is -3.61. The fourth-order valence-electron chi connectivity index (χ4n) is 9.76. The molecule has 3 aromatic rings. The zero-order chi connectivity index (χ0) is 73.5. The van der Waals surface area contributed by atoms with Gasteiger partial charge in [-0.2, -0.15) is 0 Å². The smallest absolute Gasteiger partial charge is 0.408 e. The zero-order valence-corrected chi connectivity index (χ0v) is 60.4. The minimum Gasteiger partial charge on any atom is -0.454 e. The number of rotatable bonds is 28. The van der Waals surface area contributed by atoms with Gasteiger partial charge in [0.1, 0.15) is 63.4 Å². The van der Waals surface area contributed by atoms with E-state index in [1.54, 1.807) is 125 Å². The van der Waals surface area contributed by atoms with Gasteiger partial charge in [-0.05, 0) is 180 Å². The highest BCUT2D eigenvalue weighted by atomic mass is 16.7. The SMILES string of the molecule is CO[C@H]1O[C@H](COC(c2ccccc2)(c2ccccc2)c2ccccc2)[C@@H](OC(=O)[C@H](CCCNC(=O)OC(C)(C)C)NC(=O)OC(C)(C)C)[C@H](OC(=O)[C@H](CCCNC(=O)OC(C)(C)C)NC(=O)OC(C)(C)C)[C@@H]1OC(=O)[C@H](CCCNC(=O)OC(C)(C)C)NC(=O)OC(C)(C)C. The quantitative estimate of drug-likeness (QED) is 0.0170. The summed E-state index contributed by atoms with van der Waals surface area (Å²) in [5, 5.41) is 15.6. The van der Waals surface area contributed by atoms with Gasteiger partial charge in [-0.1, -0.05) is 91.0 Å². The van der Waals surface area contributed by atoms with Gasteiger partial charge in [0.05, 0.1) is 6.61 Å². The van der Waals surface area contributed by atoms with Crippen molar-refractivity contribution in [2.45, 2.75) is 251 Å². The van der Waals surface area contributed by atoms with E-state index in [1.165, 1.54) is 7.11 Å². The molecule has 1 heterocycles. The Labute approximate surface area is 576 Å². The van der Waals surface area contributed by atoms with Gasteiger partial charge in [0.25, 0.3) is 0 Å². The van der Waals surface area contributed by atoms with Crippen LogP contribution in [-0.4, -0.2) is 170 Å². The number of hydrogen-bond acceptors (Lipinski definition) is 21. The lowest BCUT2D eigenvalue weighted by Crippen LogP contribution is -2.65. The number of nitrogens with one attached hydrogen (secondary N) is 6. The van der Waals surface area contributed by atoms with Gasteiger partial charge in [-0.3, -0.25) is 0 Å². The van der Waals surface area contributed by atoms with E-state index < -0.39 is 149 Å². The molecule has 1 fully saturated rings. The first kappa shape index (κ1) is 82.0. The maximum absolute atomic E-state index is 15.5. The van der Waals surface area contributed by atoms with Crippen molar-refractivity contribution in [1.82, 2.24) is 31.9 Å². The summed E-state index contributed by atoms with van der Waals surface area (Å²) >= 11 is 0. The Kier molecular flexibility index (Phi) is 30.5. The van der Waals surface area contributed by atoms with Crippen LogP contribution in [0.3, 0.4) is 0 Å². The van der Waals surface area contributed by atoms with Crippen LogP contribution in [0.4, 0.5) is 28.8 Å². The molecule has 4 rings (SSSR count).